The molecule has 0 aromatic carbocycles. The summed E-state index contributed by atoms with van der Waals surface area (Å²) in [5.74, 6) is -0.556. The van der Waals surface area contributed by atoms with Crippen LogP contribution in [-0.2, 0) is 4.74 Å². The van der Waals surface area contributed by atoms with Crippen LogP contribution in [0.4, 0.5) is 0 Å². The molecule has 0 saturated heterocycles. The molecule has 1 atom stereocenters. The topological polar surface area (TPSA) is 102 Å². The van der Waals surface area contributed by atoms with E-state index in [-0.39, 0.29) is 23.8 Å². The Morgan fingerprint density at radius 1 is 1.29 bits per heavy atom. The molecule has 1 amide bonds. The molecule has 0 spiro atoms. The highest BCUT2D eigenvalue weighted by molar-refractivity contribution is 5.95. The van der Waals surface area contributed by atoms with Gasteiger partial charge in [0.2, 0.25) is 0 Å². The summed E-state index contributed by atoms with van der Waals surface area (Å²) in [5.41, 5.74) is 0.148. The third-order valence-electron chi connectivity index (χ3n) is 3.17. The summed E-state index contributed by atoms with van der Waals surface area (Å²) in [6.45, 7) is 4.92. The van der Waals surface area contributed by atoms with Crippen LogP contribution in [0.2, 0.25) is 0 Å². The van der Waals surface area contributed by atoms with Gasteiger partial charge in [-0.1, -0.05) is 13.8 Å². The number of aromatic carboxylic acids is 1. The summed E-state index contributed by atoms with van der Waals surface area (Å²) >= 11 is 0. The zero-order valence-electron chi connectivity index (χ0n) is 13.6. The predicted molar refractivity (Wildman–Crippen MR) is 85.8 cm³/mol. The van der Waals surface area contributed by atoms with E-state index in [1.807, 2.05) is 13.8 Å². The number of aromatic nitrogens is 1. The number of carbonyl (C=O) groups excluding carboxylic acids is 1. The fourth-order valence-electron chi connectivity index (χ4n) is 2.00. The van der Waals surface area contributed by atoms with Crippen LogP contribution in [0.1, 0.15) is 46.5 Å². The molecule has 0 aliphatic rings. The summed E-state index contributed by atoms with van der Waals surface area (Å²) in [4.78, 5) is 26.9. The second-order valence-corrected chi connectivity index (χ2v) is 5.71. The van der Waals surface area contributed by atoms with E-state index in [4.69, 9.17) is 14.3 Å². The van der Waals surface area contributed by atoms with Gasteiger partial charge >= 0.3 is 5.97 Å². The van der Waals surface area contributed by atoms with E-state index in [9.17, 15) is 9.59 Å². The number of carboxylic acid groups (broad SMARTS) is 1. The molecule has 2 aromatic heterocycles. The molecule has 7 nitrogen and oxygen atoms in total. The number of hydrogen-bond donors (Lipinski definition) is 2. The SMILES string of the molecule is CC(C)COCC(NC(=O)c1ccc(C(=O)O)nc1)c1ccco1. The highest BCUT2D eigenvalue weighted by Gasteiger charge is 2.19. The lowest BCUT2D eigenvalue weighted by Gasteiger charge is -2.17. The van der Waals surface area contributed by atoms with Gasteiger partial charge in [0.1, 0.15) is 17.5 Å². The Morgan fingerprint density at radius 2 is 2.08 bits per heavy atom. The molecule has 128 valence electrons. The summed E-state index contributed by atoms with van der Waals surface area (Å²) in [5, 5.41) is 11.6. The Bertz CT molecular complexity index is 665. The first-order valence-electron chi connectivity index (χ1n) is 7.58. The van der Waals surface area contributed by atoms with E-state index in [1.165, 1.54) is 24.6 Å². The van der Waals surface area contributed by atoms with Gasteiger partial charge in [0.25, 0.3) is 5.91 Å². The van der Waals surface area contributed by atoms with Crippen LogP contribution in [0, 0.1) is 5.92 Å². The molecule has 2 aromatic rings. The summed E-state index contributed by atoms with van der Waals surface area (Å²) in [7, 11) is 0. The maximum atomic E-state index is 12.3. The van der Waals surface area contributed by atoms with Crippen molar-refractivity contribution in [3.05, 3.63) is 53.7 Å². The number of nitrogens with one attached hydrogen (secondary N) is 1. The molecular weight excluding hydrogens is 312 g/mol. The van der Waals surface area contributed by atoms with Gasteiger partial charge in [-0.2, -0.15) is 0 Å². The van der Waals surface area contributed by atoms with Crippen molar-refractivity contribution < 1.29 is 23.8 Å². The number of pyridine rings is 1. The molecule has 7 heteroatoms. The van der Waals surface area contributed by atoms with Crippen LogP contribution in [0.15, 0.2) is 41.1 Å². The van der Waals surface area contributed by atoms with Crippen LogP contribution >= 0.6 is 0 Å². The zero-order valence-corrected chi connectivity index (χ0v) is 13.6. The van der Waals surface area contributed by atoms with Crippen LogP contribution in [-0.4, -0.2) is 35.2 Å². The van der Waals surface area contributed by atoms with Gasteiger partial charge in [0, 0.05) is 12.8 Å². The number of rotatable bonds is 8. The first-order valence-corrected chi connectivity index (χ1v) is 7.58. The Morgan fingerprint density at radius 3 is 2.62 bits per heavy atom. The zero-order chi connectivity index (χ0) is 17.5. The van der Waals surface area contributed by atoms with Crippen molar-refractivity contribution in [3.8, 4) is 0 Å². The maximum absolute atomic E-state index is 12.3. The predicted octanol–water partition coefficient (Wildman–Crippen LogP) is 2.52. The molecule has 1 unspecified atom stereocenters. The molecule has 2 rings (SSSR count). The van der Waals surface area contributed by atoms with Crippen molar-refractivity contribution in [2.45, 2.75) is 19.9 Å². The monoisotopic (exact) mass is 332 g/mol. The lowest BCUT2D eigenvalue weighted by atomic mass is 10.2. The third-order valence-corrected chi connectivity index (χ3v) is 3.17. The average molecular weight is 332 g/mol. The smallest absolute Gasteiger partial charge is 0.354 e. The van der Waals surface area contributed by atoms with Crippen molar-refractivity contribution in [3.63, 3.8) is 0 Å². The summed E-state index contributed by atoms with van der Waals surface area (Å²) in [6.07, 6.45) is 2.76. The minimum Gasteiger partial charge on any atom is -0.477 e. The van der Waals surface area contributed by atoms with Crippen molar-refractivity contribution in [2.75, 3.05) is 13.2 Å². The number of hydrogen-bond acceptors (Lipinski definition) is 5. The molecule has 24 heavy (non-hydrogen) atoms. The molecule has 0 bridgehead atoms. The Labute approximate surface area is 139 Å². The second-order valence-electron chi connectivity index (χ2n) is 5.71. The molecule has 0 radical (unpaired) electrons. The lowest BCUT2D eigenvalue weighted by Crippen LogP contribution is -2.31. The van der Waals surface area contributed by atoms with Crippen LogP contribution in [0.25, 0.3) is 0 Å². The molecule has 0 aliphatic carbocycles. The largest absolute Gasteiger partial charge is 0.477 e. The number of carboxylic acids is 1. The number of furan rings is 1. The third kappa shape index (κ3) is 4.92. The molecule has 2 heterocycles. The van der Waals surface area contributed by atoms with Gasteiger partial charge in [0.15, 0.2) is 0 Å². The highest BCUT2D eigenvalue weighted by Crippen LogP contribution is 2.15. The van der Waals surface area contributed by atoms with E-state index in [0.717, 1.165) is 0 Å². The van der Waals surface area contributed by atoms with E-state index in [0.29, 0.717) is 18.3 Å². The van der Waals surface area contributed by atoms with E-state index in [1.54, 1.807) is 12.1 Å². The molecular formula is C17H20N2O5. The fourth-order valence-corrected chi connectivity index (χ4v) is 2.00. The quantitative estimate of drug-likeness (QED) is 0.770. The summed E-state index contributed by atoms with van der Waals surface area (Å²) in [6, 6.07) is 5.76. The van der Waals surface area contributed by atoms with Crippen LogP contribution in [0.5, 0.6) is 0 Å². The number of amides is 1. The van der Waals surface area contributed by atoms with E-state index >= 15 is 0 Å². The Hall–Kier alpha value is -2.67. The van der Waals surface area contributed by atoms with Crippen molar-refractivity contribution in [1.29, 1.82) is 0 Å². The summed E-state index contributed by atoms with van der Waals surface area (Å²) < 4.78 is 11.0. The minimum atomic E-state index is -1.14. The van der Waals surface area contributed by atoms with Gasteiger partial charge in [-0.3, -0.25) is 4.79 Å². The lowest BCUT2D eigenvalue weighted by molar-refractivity contribution is 0.0688. The van der Waals surface area contributed by atoms with E-state index in [2.05, 4.69) is 10.3 Å². The number of nitrogens with zero attached hydrogens (tertiary/aromatic N) is 1. The van der Waals surface area contributed by atoms with Gasteiger partial charge < -0.3 is 19.6 Å². The Kier molecular flexibility index (Phi) is 6.08. The van der Waals surface area contributed by atoms with Crippen LogP contribution in [0.3, 0.4) is 0 Å². The molecule has 0 saturated carbocycles. The number of ether oxygens (including phenoxy) is 1. The molecule has 2 N–H and O–H groups in total. The maximum Gasteiger partial charge on any atom is 0.354 e. The van der Waals surface area contributed by atoms with Crippen LogP contribution < -0.4 is 5.32 Å². The van der Waals surface area contributed by atoms with E-state index < -0.39 is 12.0 Å². The first kappa shape index (κ1) is 17.7. The van der Waals surface area contributed by atoms with Gasteiger partial charge in [-0.05, 0) is 30.2 Å². The molecule has 0 fully saturated rings. The minimum absolute atomic E-state index is 0.116. The first-order chi connectivity index (χ1) is 11.5. The van der Waals surface area contributed by atoms with Gasteiger partial charge in [-0.25, -0.2) is 9.78 Å². The Balaban J connectivity index is 2.04. The fraction of sp³-hybridized carbons (Fsp3) is 0.353. The van der Waals surface area contributed by atoms with Gasteiger partial charge in [0.05, 0.1) is 18.4 Å². The van der Waals surface area contributed by atoms with Crippen molar-refractivity contribution in [2.24, 2.45) is 5.92 Å². The normalized spacial score (nSPS) is 12.1. The standard InChI is InChI=1S/C17H20N2O5/c1-11(2)9-23-10-14(15-4-3-7-24-15)19-16(20)12-5-6-13(17(21)22)18-8-12/h3-8,11,14H,9-10H2,1-2H3,(H,19,20)(H,21,22). The average Bonchev–Trinajstić information content (AvgIpc) is 3.08. The molecule has 0 aliphatic heterocycles. The highest BCUT2D eigenvalue weighted by atomic mass is 16.5. The second kappa shape index (κ2) is 8.26. The van der Waals surface area contributed by atoms with Crippen molar-refractivity contribution >= 4 is 11.9 Å². The van der Waals surface area contributed by atoms with Gasteiger partial charge in [-0.15, -0.1) is 0 Å². The van der Waals surface area contributed by atoms with Crippen molar-refractivity contribution in [1.82, 2.24) is 10.3 Å². The number of carbonyl (C=O) groups is 2.